The summed E-state index contributed by atoms with van der Waals surface area (Å²) in [6.07, 6.45) is 3.73. The number of hydrogen-bond acceptors (Lipinski definition) is 9. The summed E-state index contributed by atoms with van der Waals surface area (Å²) < 4.78 is 1.03. The number of hydrogen-bond donors (Lipinski definition) is 1. The number of phenolic OH excluding ortho intramolecular Hbond substituents is 1. The molecule has 0 saturated carbocycles. The van der Waals surface area contributed by atoms with Crippen molar-refractivity contribution in [1.29, 1.82) is 0 Å². The second-order valence-corrected chi connectivity index (χ2v) is 14.2. The van der Waals surface area contributed by atoms with Gasteiger partial charge in [-0.15, -0.1) is 0 Å². The van der Waals surface area contributed by atoms with Crippen molar-refractivity contribution in [3.8, 4) is 5.75 Å². The summed E-state index contributed by atoms with van der Waals surface area (Å²) in [5, 5.41) is 9.61. The highest BCUT2D eigenvalue weighted by Gasteiger charge is 2.34. The third kappa shape index (κ3) is 8.12. The number of thioether (sulfide) groups is 2. The third-order valence-electron chi connectivity index (χ3n) is 7.10. The van der Waals surface area contributed by atoms with Crippen molar-refractivity contribution in [1.82, 2.24) is 0 Å². The molecule has 0 atom stereocenters. The molecule has 0 spiro atoms. The Morgan fingerprint density at radius 3 is 1.45 bits per heavy atom. The predicted molar refractivity (Wildman–Crippen MR) is 207 cm³/mol. The highest BCUT2D eigenvalue weighted by atomic mass is 32.2. The highest BCUT2D eigenvalue weighted by molar-refractivity contribution is 8.27. The third-order valence-corrected chi connectivity index (χ3v) is 9.71. The van der Waals surface area contributed by atoms with Crippen molar-refractivity contribution < 1.29 is 14.7 Å². The average Bonchev–Trinajstić information content (AvgIpc) is 3.49. The first kappa shape index (κ1) is 33.9. The molecule has 2 saturated heterocycles. The number of aromatic hydroxyl groups is 1. The Labute approximate surface area is 294 Å². The molecule has 47 heavy (non-hydrogen) atoms. The van der Waals surface area contributed by atoms with Crippen molar-refractivity contribution in [2.45, 2.75) is 0 Å². The number of carbonyl (C=O) groups is 2. The minimum absolute atomic E-state index is 0.0668. The summed E-state index contributed by atoms with van der Waals surface area (Å²) in [5.74, 6) is -0.139. The van der Waals surface area contributed by atoms with Gasteiger partial charge in [-0.25, -0.2) is 0 Å². The minimum Gasteiger partial charge on any atom is -0.508 e. The van der Waals surface area contributed by atoms with E-state index in [1.54, 1.807) is 23.1 Å². The van der Waals surface area contributed by atoms with E-state index in [0.717, 1.165) is 28.2 Å². The van der Waals surface area contributed by atoms with Crippen molar-refractivity contribution in [3.63, 3.8) is 0 Å². The summed E-state index contributed by atoms with van der Waals surface area (Å²) in [6.45, 7) is 0. The fourth-order valence-corrected chi connectivity index (χ4v) is 7.23. The molecule has 2 heterocycles. The first-order chi connectivity index (χ1) is 22.5. The molecule has 238 valence electrons. The molecular weight excluding hydrogens is 665 g/mol. The minimum atomic E-state index is -0.174. The maximum Gasteiger partial charge on any atom is 0.270 e. The van der Waals surface area contributed by atoms with Crippen molar-refractivity contribution in [2.75, 3.05) is 47.8 Å². The molecule has 2 aliphatic rings. The Morgan fingerprint density at radius 1 is 0.596 bits per heavy atom. The number of benzene rings is 4. The molecule has 7 nitrogen and oxygen atoms in total. The van der Waals surface area contributed by atoms with Gasteiger partial charge in [0.1, 0.15) is 5.75 Å². The van der Waals surface area contributed by atoms with Gasteiger partial charge in [-0.2, -0.15) is 0 Å². The van der Waals surface area contributed by atoms with E-state index >= 15 is 0 Å². The first-order valence-corrected chi connectivity index (χ1v) is 16.9. The molecule has 1 N–H and O–H groups in total. The number of phenols is 1. The average molecular weight is 697 g/mol. The van der Waals surface area contributed by atoms with Crippen molar-refractivity contribution in [2.24, 2.45) is 0 Å². The van der Waals surface area contributed by atoms with E-state index in [0.29, 0.717) is 24.1 Å². The van der Waals surface area contributed by atoms with Crippen LogP contribution in [0.15, 0.2) is 113 Å². The summed E-state index contributed by atoms with van der Waals surface area (Å²) in [7, 11) is 7.96. The lowest BCUT2D eigenvalue weighted by atomic mass is 10.2. The second kappa shape index (κ2) is 15.0. The Bertz CT molecular complexity index is 1870. The zero-order valence-corrected chi connectivity index (χ0v) is 29.4. The molecule has 4 aromatic rings. The summed E-state index contributed by atoms with van der Waals surface area (Å²) in [4.78, 5) is 33.6. The largest absolute Gasteiger partial charge is 0.508 e. The first-order valence-electron chi connectivity index (χ1n) is 14.5. The molecule has 4 aromatic carbocycles. The van der Waals surface area contributed by atoms with Gasteiger partial charge in [0.25, 0.3) is 11.8 Å². The van der Waals surface area contributed by atoms with Crippen LogP contribution in [0.1, 0.15) is 11.1 Å². The molecule has 0 bridgehead atoms. The van der Waals surface area contributed by atoms with Crippen LogP contribution in [-0.4, -0.2) is 53.8 Å². The van der Waals surface area contributed by atoms with Gasteiger partial charge in [0, 0.05) is 45.6 Å². The van der Waals surface area contributed by atoms with Crippen LogP contribution in [0.2, 0.25) is 0 Å². The van der Waals surface area contributed by atoms with E-state index < -0.39 is 0 Å². The van der Waals surface area contributed by atoms with Crippen molar-refractivity contribution >= 4 is 103 Å². The number of rotatable bonds is 6. The number of nitrogens with zero attached hydrogens (tertiary/aromatic N) is 4. The van der Waals surface area contributed by atoms with Gasteiger partial charge in [-0.3, -0.25) is 19.4 Å². The molecule has 11 heteroatoms. The maximum atomic E-state index is 12.7. The van der Waals surface area contributed by atoms with Gasteiger partial charge >= 0.3 is 0 Å². The summed E-state index contributed by atoms with van der Waals surface area (Å²) in [5.41, 5.74) is 5.53. The Balaban J connectivity index is 0.000000185. The van der Waals surface area contributed by atoms with Crippen LogP contribution in [0, 0.1) is 0 Å². The van der Waals surface area contributed by atoms with Crippen LogP contribution in [0.5, 0.6) is 5.75 Å². The van der Waals surface area contributed by atoms with E-state index in [2.05, 4.69) is 0 Å². The smallest absolute Gasteiger partial charge is 0.270 e. The van der Waals surface area contributed by atoms with Gasteiger partial charge in [0.2, 0.25) is 0 Å². The molecule has 2 amide bonds. The lowest BCUT2D eigenvalue weighted by Gasteiger charge is -2.14. The summed E-state index contributed by atoms with van der Waals surface area (Å²) >= 11 is 13.3. The molecule has 6 rings (SSSR count). The van der Waals surface area contributed by atoms with E-state index in [4.69, 9.17) is 24.4 Å². The zero-order chi connectivity index (χ0) is 33.7. The van der Waals surface area contributed by atoms with Gasteiger partial charge in [0.15, 0.2) is 8.64 Å². The molecule has 0 aromatic heterocycles. The number of carbonyl (C=O) groups excluding carboxylic acids is 2. The number of thiocarbonyl (C=S) groups is 2. The topological polar surface area (TPSA) is 67.3 Å². The molecule has 0 radical (unpaired) electrons. The SMILES string of the molecule is CN(C)c1ccc(/C=C2\SC(=S)N(c3cccc(O)c3)C2=O)cc1.CN(C)c1ccc(/C=C2\SC(=S)N(c3ccccc3)C2=O)cc1. The Kier molecular flexibility index (Phi) is 10.8. The lowest BCUT2D eigenvalue weighted by Crippen LogP contribution is -2.27. The van der Waals surface area contributed by atoms with E-state index in [1.165, 1.54) is 34.5 Å². The highest BCUT2D eigenvalue weighted by Crippen LogP contribution is 2.38. The lowest BCUT2D eigenvalue weighted by molar-refractivity contribution is -0.114. The van der Waals surface area contributed by atoms with Gasteiger partial charge in [-0.05, 0) is 71.8 Å². The summed E-state index contributed by atoms with van der Waals surface area (Å²) in [6, 6.07) is 32.0. The van der Waals surface area contributed by atoms with Crippen molar-refractivity contribution in [3.05, 3.63) is 124 Å². The van der Waals surface area contributed by atoms with E-state index in [9.17, 15) is 14.7 Å². The molecule has 0 aliphatic carbocycles. The Morgan fingerprint density at radius 2 is 1.02 bits per heavy atom. The molecule has 2 aliphatic heterocycles. The van der Waals surface area contributed by atoms with Crippen LogP contribution in [-0.2, 0) is 9.59 Å². The normalized spacial score (nSPS) is 16.2. The standard InChI is InChI=1S/C18H16N2O2S2.C18H16N2OS2/c1-19(2)13-8-6-12(7-9-13)10-16-17(22)20(18(23)24-16)14-4-3-5-15(21)11-14;1-19(2)14-10-8-13(9-11-14)12-16-17(21)20(18(22)23-16)15-6-4-3-5-7-15/h3-11,21H,1-2H3;3-12H,1-2H3/b16-10-;16-12-. The number of anilines is 4. The number of amides is 2. The van der Waals surface area contributed by atoms with Gasteiger partial charge in [-0.1, -0.05) is 96.5 Å². The molecule has 2 fully saturated rings. The van der Waals surface area contributed by atoms with Gasteiger partial charge in [0.05, 0.1) is 21.2 Å². The zero-order valence-electron chi connectivity index (χ0n) is 26.2. The molecule has 0 unspecified atom stereocenters. The van der Waals surface area contributed by atoms with E-state index in [-0.39, 0.29) is 17.6 Å². The van der Waals surface area contributed by atoms with Crippen LogP contribution in [0.25, 0.3) is 12.2 Å². The number of para-hydroxylation sites is 1. The van der Waals surface area contributed by atoms with Crippen LogP contribution < -0.4 is 19.6 Å². The quantitative estimate of drug-likeness (QED) is 0.160. The maximum absolute atomic E-state index is 12.7. The van der Waals surface area contributed by atoms with Crippen LogP contribution in [0.3, 0.4) is 0 Å². The Hall–Kier alpha value is -4.42. The monoisotopic (exact) mass is 696 g/mol. The molecular formula is C36H32N4O3S4. The van der Waals surface area contributed by atoms with Crippen LogP contribution in [0.4, 0.5) is 22.7 Å². The van der Waals surface area contributed by atoms with E-state index in [1.807, 2.05) is 129 Å². The fourth-order valence-electron chi connectivity index (χ4n) is 4.63. The van der Waals surface area contributed by atoms with Crippen LogP contribution >= 0.6 is 48.0 Å². The van der Waals surface area contributed by atoms with Gasteiger partial charge < -0.3 is 14.9 Å². The predicted octanol–water partition coefficient (Wildman–Crippen LogP) is 8.02. The second-order valence-electron chi connectivity index (χ2n) is 10.9. The fraction of sp³-hybridized carbons (Fsp3) is 0.111.